The molecule has 0 aliphatic rings. The fourth-order valence-corrected chi connectivity index (χ4v) is 3.87. The van der Waals surface area contributed by atoms with Crippen LogP contribution in [0.4, 0.5) is 10.1 Å². The predicted molar refractivity (Wildman–Crippen MR) is 122 cm³/mol. The van der Waals surface area contributed by atoms with Crippen molar-refractivity contribution in [2.75, 3.05) is 18.2 Å². The Kier molecular flexibility index (Phi) is 6.46. The molecule has 32 heavy (non-hydrogen) atoms. The van der Waals surface area contributed by atoms with Gasteiger partial charge < -0.3 is 10.1 Å². The first-order valence-corrected chi connectivity index (χ1v) is 10.7. The Morgan fingerprint density at radius 2 is 1.97 bits per heavy atom. The summed E-state index contributed by atoms with van der Waals surface area (Å²) in [5.74, 6) is 0.0503. The van der Waals surface area contributed by atoms with E-state index in [0.717, 1.165) is 17.3 Å². The van der Waals surface area contributed by atoms with Gasteiger partial charge in [-0.1, -0.05) is 30.0 Å². The molecule has 0 aliphatic heterocycles. The maximum atomic E-state index is 13.3. The van der Waals surface area contributed by atoms with E-state index in [4.69, 9.17) is 4.74 Å². The average Bonchev–Trinajstić information content (AvgIpc) is 2.81. The van der Waals surface area contributed by atoms with Crippen molar-refractivity contribution < 1.29 is 13.9 Å². The number of carbonyl (C=O) groups excluding carboxylic acids is 1. The van der Waals surface area contributed by atoms with E-state index in [1.54, 1.807) is 61.8 Å². The van der Waals surface area contributed by atoms with Gasteiger partial charge in [0.05, 0.1) is 24.8 Å². The molecule has 2 aromatic heterocycles. The summed E-state index contributed by atoms with van der Waals surface area (Å²) in [5.41, 5.74) is 1.37. The lowest BCUT2D eigenvalue weighted by atomic mass is 10.2. The molecule has 0 atom stereocenters. The summed E-state index contributed by atoms with van der Waals surface area (Å²) < 4.78 is 19.9. The molecule has 4 rings (SSSR count). The molecule has 9 heteroatoms. The number of nitrogens with one attached hydrogen (secondary N) is 1. The summed E-state index contributed by atoms with van der Waals surface area (Å²) in [7, 11) is 1.55. The first-order valence-electron chi connectivity index (χ1n) is 9.70. The normalized spacial score (nSPS) is 10.8. The van der Waals surface area contributed by atoms with Gasteiger partial charge in [0, 0.05) is 18.0 Å². The third-order valence-electron chi connectivity index (χ3n) is 4.63. The molecule has 0 bridgehead atoms. The van der Waals surface area contributed by atoms with Crippen molar-refractivity contribution in [1.29, 1.82) is 0 Å². The number of ether oxygens (including phenoxy) is 1. The first kappa shape index (κ1) is 21.5. The summed E-state index contributed by atoms with van der Waals surface area (Å²) in [4.78, 5) is 34.3. The van der Waals surface area contributed by atoms with Gasteiger partial charge in [0.2, 0.25) is 5.91 Å². The van der Waals surface area contributed by atoms with Gasteiger partial charge in [-0.2, -0.15) is 0 Å². The van der Waals surface area contributed by atoms with Crippen LogP contribution in [0, 0.1) is 5.82 Å². The van der Waals surface area contributed by atoms with Crippen molar-refractivity contribution in [3.05, 3.63) is 88.6 Å². The SMILES string of the molecule is COc1cccc(NC(=O)CSc2nc3ncccc3c(=O)n2Cc2ccc(F)cc2)c1. The minimum absolute atomic E-state index is 0.0331. The van der Waals surface area contributed by atoms with Gasteiger partial charge in [0.25, 0.3) is 5.56 Å². The summed E-state index contributed by atoms with van der Waals surface area (Å²) in [6.07, 6.45) is 1.56. The smallest absolute Gasteiger partial charge is 0.263 e. The molecule has 162 valence electrons. The number of hydrogen-bond acceptors (Lipinski definition) is 6. The second-order valence-electron chi connectivity index (χ2n) is 6.86. The minimum atomic E-state index is -0.356. The van der Waals surface area contributed by atoms with E-state index in [1.165, 1.54) is 16.7 Å². The van der Waals surface area contributed by atoms with Gasteiger partial charge in [-0.05, 0) is 42.0 Å². The molecule has 1 N–H and O–H groups in total. The number of aromatic nitrogens is 3. The number of pyridine rings is 1. The molecule has 0 unspecified atom stereocenters. The van der Waals surface area contributed by atoms with Crippen molar-refractivity contribution in [3.63, 3.8) is 0 Å². The van der Waals surface area contributed by atoms with Crippen LogP contribution in [-0.2, 0) is 11.3 Å². The molecule has 0 aliphatic carbocycles. The van der Waals surface area contributed by atoms with E-state index in [-0.39, 0.29) is 29.6 Å². The lowest BCUT2D eigenvalue weighted by Gasteiger charge is -2.13. The number of fused-ring (bicyclic) bond motifs is 1. The molecule has 7 nitrogen and oxygen atoms in total. The molecule has 1 amide bonds. The molecular weight excluding hydrogens is 431 g/mol. The largest absolute Gasteiger partial charge is 0.497 e. The number of benzene rings is 2. The van der Waals surface area contributed by atoms with Crippen LogP contribution in [0.2, 0.25) is 0 Å². The van der Waals surface area contributed by atoms with Crippen molar-refractivity contribution in [1.82, 2.24) is 14.5 Å². The third kappa shape index (κ3) is 4.94. The van der Waals surface area contributed by atoms with Gasteiger partial charge in [-0.25, -0.2) is 14.4 Å². The van der Waals surface area contributed by atoms with Crippen molar-refractivity contribution in [2.24, 2.45) is 0 Å². The number of methoxy groups -OCH3 is 1. The number of hydrogen-bond donors (Lipinski definition) is 1. The molecule has 4 aromatic rings. The quantitative estimate of drug-likeness (QED) is 0.341. The maximum Gasteiger partial charge on any atom is 0.263 e. The standard InChI is InChI=1S/C23H19FN4O3S/c1-31-18-5-2-4-17(12-18)26-20(29)14-32-23-27-21-19(6-3-11-25-21)22(30)28(23)13-15-7-9-16(24)10-8-15/h2-12H,13-14H2,1H3,(H,26,29). The zero-order valence-electron chi connectivity index (χ0n) is 17.1. The van der Waals surface area contributed by atoms with E-state index < -0.39 is 0 Å². The number of halogens is 1. The second kappa shape index (κ2) is 9.61. The summed E-state index contributed by atoms with van der Waals surface area (Å²) in [5, 5.41) is 3.53. The van der Waals surface area contributed by atoms with E-state index >= 15 is 0 Å². The van der Waals surface area contributed by atoms with E-state index in [2.05, 4.69) is 15.3 Å². The molecular formula is C23H19FN4O3S. The van der Waals surface area contributed by atoms with Crippen molar-refractivity contribution in [3.8, 4) is 5.75 Å². The fourth-order valence-electron chi connectivity index (χ4n) is 3.09. The Labute approximate surface area is 187 Å². The lowest BCUT2D eigenvalue weighted by molar-refractivity contribution is -0.113. The van der Waals surface area contributed by atoms with Crippen LogP contribution in [0.3, 0.4) is 0 Å². The van der Waals surface area contributed by atoms with Crippen LogP contribution in [0.5, 0.6) is 5.75 Å². The number of amides is 1. The van der Waals surface area contributed by atoms with Gasteiger partial charge >= 0.3 is 0 Å². The average molecular weight is 450 g/mol. The monoisotopic (exact) mass is 450 g/mol. The van der Waals surface area contributed by atoms with Gasteiger partial charge in [-0.15, -0.1) is 0 Å². The Bertz CT molecular complexity index is 1330. The zero-order valence-corrected chi connectivity index (χ0v) is 17.9. The molecule has 0 fully saturated rings. The number of rotatable bonds is 7. The fraction of sp³-hybridized carbons (Fsp3) is 0.130. The summed E-state index contributed by atoms with van der Waals surface area (Å²) in [6.45, 7) is 0.191. The van der Waals surface area contributed by atoms with Crippen LogP contribution in [0.1, 0.15) is 5.56 Å². The van der Waals surface area contributed by atoms with Gasteiger partial charge in [0.1, 0.15) is 11.6 Å². The van der Waals surface area contributed by atoms with Crippen LogP contribution < -0.4 is 15.6 Å². The lowest BCUT2D eigenvalue weighted by Crippen LogP contribution is -2.25. The van der Waals surface area contributed by atoms with Crippen LogP contribution >= 0.6 is 11.8 Å². The summed E-state index contributed by atoms with van der Waals surface area (Å²) in [6, 6.07) is 16.3. The Morgan fingerprint density at radius 1 is 1.16 bits per heavy atom. The van der Waals surface area contributed by atoms with Crippen molar-refractivity contribution >= 4 is 34.4 Å². The van der Waals surface area contributed by atoms with Gasteiger partial charge in [-0.3, -0.25) is 14.2 Å². The number of thioether (sulfide) groups is 1. The van der Waals surface area contributed by atoms with E-state index in [0.29, 0.717) is 27.6 Å². The molecule has 2 aromatic carbocycles. The van der Waals surface area contributed by atoms with Crippen LogP contribution in [0.15, 0.2) is 76.8 Å². The number of nitrogens with zero attached hydrogens (tertiary/aromatic N) is 3. The highest BCUT2D eigenvalue weighted by Gasteiger charge is 2.15. The third-order valence-corrected chi connectivity index (χ3v) is 5.61. The maximum absolute atomic E-state index is 13.3. The van der Waals surface area contributed by atoms with E-state index in [1.807, 2.05) is 0 Å². The predicted octanol–water partition coefficient (Wildman–Crippen LogP) is 3.72. The summed E-state index contributed by atoms with van der Waals surface area (Å²) >= 11 is 1.13. The molecule has 0 radical (unpaired) electrons. The minimum Gasteiger partial charge on any atom is -0.497 e. The highest BCUT2D eigenvalue weighted by molar-refractivity contribution is 7.99. The van der Waals surface area contributed by atoms with E-state index in [9.17, 15) is 14.0 Å². The number of anilines is 1. The molecule has 0 saturated heterocycles. The Hall–Kier alpha value is -3.72. The van der Waals surface area contributed by atoms with Crippen LogP contribution in [0.25, 0.3) is 11.0 Å². The topological polar surface area (TPSA) is 86.1 Å². The Morgan fingerprint density at radius 3 is 2.75 bits per heavy atom. The van der Waals surface area contributed by atoms with Crippen LogP contribution in [-0.4, -0.2) is 33.3 Å². The molecule has 0 saturated carbocycles. The van der Waals surface area contributed by atoms with Gasteiger partial charge in [0.15, 0.2) is 10.8 Å². The number of carbonyl (C=O) groups is 1. The first-order chi connectivity index (χ1) is 15.5. The molecule has 0 spiro atoms. The highest BCUT2D eigenvalue weighted by atomic mass is 32.2. The van der Waals surface area contributed by atoms with Crippen molar-refractivity contribution in [2.45, 2.75) is 11.7 Å². The highest BCUT2D eigenvalue weighted by Crippen LogP contribution is 2.20. The molecule has 2 heterocycles. The Balaban J connectivity index is 1.59. The second-order valence-corrected chi connectivity index (χ2v) is 7.80. The zero-order chi connectivity index (χ0) is 22.5.